The molecule has 0 atom stereocenters. The van der Waals surface area contributed by atoms with Gasteiger partial charge in [0, 0.05) is 5.56 Å². The van der Waals surface area contributed by atoms with Crippen LogP contribution in [0.1, 0.15) is 15.9 Å². The average Bonchev–Trinajstić information content (AvgIpc) is 2.37. The predicted octanol–water partition coefficient (Wildman–Crippen LogP) is 3.65. The largest absolute Gasteiger partial charge is 0.478 e. The van der Waals surface area contributed by atoms with E-state index >= 15 is 0 Å². The second kappa shape index (κ2) is 4.88. The summed E-state index contributed by atoms with van der Waals surface area (Å²) in [5.74, 6) is -1.16. The highest BCUT2D eigenvalue weighted by Crippen LogP contribution is 2.38. The number of alkyl halides is 3. The van der Waals surface area contributed by atoms with Gasteiger partial charge in [-0.3, -0.25) is 0 Å². The Morgan fingerprint density at radius 3 is 2.35 bits per heavy atom. The second-order valence-corrected chi connectivity index (χ2v) is 4.15. The van der Waals surface area contributed by atoms with Crippen molar-refractivity contribution in [1.29, 1.82) is 0 Å². The Morgan fingerprint density at radius 1 is 1.10 bits per heavy atom. The summed E-state index contributed by atoms with van der Waals surface area (Å²) in [6.07, 6.45) is -4.55. The van der Waals surface area contributed by atoms with Crippen LogP contribution in [0, 0.1) is 0 Å². The molecule has 2 aromatic carbocycles. The van der Waals surface area contributed by atoms with E-state index in [2.05, 4.69) is 0 Å². The predicted molar refractivity (Wildman–Crippen MR) is 68.3 cm³/mol. The SMILES string of the molecule is Nc1c(-c2cccc(C(=O)O)c2)cccc1C(F)(F)F. The van der Waals surface area contributed by atoms with Crippen molar-refractivity contribution in [1.82, 2.24) is 0 Å². The number of aromatic carboxylic acids is 1. The first-order valence-corrected chi connectivity index (χ1v) is 5.60. The highest BCUT2D eigenvalue weighted by Gasteiger charge is 2.33. The number of hydrogen-bond acceptors (Lipinski definition) is 2. The summed E-state index contributed by atoms with van der Waals surface area (Å²) in [5.41, 5.74) is 4.68. The zero-order valence-electron chi connectivity index (χ0n) is 10.1. The lowest BCUT2D eigenvalue weighted by Gasteiger charge is -2.14. The quantitative estimate of drug-likeness (QED) is 0.826. The maximum Gasteiger partial charge on any atom is 0.418 e. The smallest absolute Gasteiger partial charge is 0.418 e. The Labute approximate surface area is 112 Å². The molecule has 0 saturated carbocycles. The van der Waals surface area contributed by atoms with Gasteiger partial charge in [0.25, 0.3) is 0 Å². The number of carbonyl (C=O) groups is 1. The van der Waals surface area contributed by atoms with Crippen molar-refractivity contribution in [2.75, 3.05) is 5.73 Å². The summed E-state index contributed by atoms with van der Waals surface area (Å²) < 4.78 is 38.3. The van der Waals surface area contributed by atoms with Crippen LogP contribution < -0.4 is 5.73 Å². The van der Waals surface area contributed by atoms with Gasteiger partial charge >= 0.3 is 12.1 Å². The van der Waals surface area contributed by atoms with Gasteiger partial charge in [0.05, 0.1) is 16.8 Å². The topological polar surface area (TPSA) is 63.3 Å². The number of carboxylic acid groups (broad SMARTS) is 1. The molecule has 6 heteroatoms. The van der Waals surface area contributed by atoms with Crippen molar-refractivity contribution in [3.05, 3.63) is 53.6 Å². The molecule has 0 aliphatic heterocycles. The van der Waals surface area contributed by atoms with Gasteiger partial charge in [0.2, 0.25) is 0 Å². The lowest BCUT2D eigenvalue weighted by molar-refractivity contribution is -0.136. The molecule has 20 heavy (non-hydrogen) atoms. The molecule has 3 N–H and O–H groups in total. The van der Waals surface area contributed by atoms with E-state index < -0.39 is 23.4 Å². The third-order valence-electron chi connectivity index (χ3n) is 2.83. The van der Waals surface area contributed by atoms with Gasteiger partial charge in [-0.15, -0.1) is 0 Å². The van der Waals surface area contributed by atoms with E-state index in [0.717, 1.165) is 6.07 Å². The fraction of sp³-hybridized carbons (Fsp3) is 0.0714. The van der Waals surface area contributed by atoms with E-state index in [-0.39, 0.29) is 11.1 Å². The van der Waals surface area contributed by atoms with Crippen molar-refractivity contribution in [2.45, 2.75) is 6.18 Å². The molecule has 2 aromatic rings. The van der Waals surface area contributed by atoms with E-state index in [1.807, 2.05) is 0 Å². The molecule has 0 fully saturated rings. The molecule has 0 unspecified atom stereocenters. The van der Waals surface area contributed by atoms with E-state index in [9.17, 15) is 18.0 Å². The summed E-state index contributed by atoms with van der Waals surface area (Å²) in [5, 5.41) is 8.90. The van der Waals surface area contributed by atoms with Gasteiger partial charge in [-0.1, -0.05) is 24.3 Å². The lowest BCUT2D eigenvalue weighted by Crippen LogP contribution is -2.09. The van der Waals surface area contributed by atoms with Gasteiger partial charge in [0.15, 0.2) is 0 Å². The summed E-state index contributed by atoms with van der Waals surface area (Å²) in [7, 11) is 0. The maximum atomic E-state index is 12.8. The fourth-order valence-corrected chi connectivity index (χ4v) is 1.88. The third kappa shape index (κ3) is 2.59. The van der Waals surface area contributed by atoms with Crippen LogP contribution in [0.15, 0.2) is 42.5 Å². The van der Waals surface area contributed by atoms with Crippen LogP contribution in [-0.2, 0) is 6.18 Å². The van der Waals surface area contributed by atoms with Crippen LogP contribution in [0.2, 0.25) is 0 Å². The van der Waals surface area contributed by atoms with Crippen molar-refractivity contribution in [3.63, 3.8) is 0 Å². The number of halogens is 3. The van der Waals surface area contributed by atoms with E-state index in [4.69, 9.17) is 10.8 Å². The van der Waals surface area contributed by atoms with Crippen LogP contribution in [0.25, 0.3) is 11.1 Å². The van der Waals surface area contributed by atoms with Gasteiger partial charge in [-0.05, 0) is 23.8 Å². The highest BCUT2D eigenvalue weighted by atomic mass is 19.4. The number of benzene rings is 2. The Kier molecular flexibility index (Phi) is 3.40. The van der Waals surface area contributed by atoms with Gasteiger partial charge in [-0.2, -0.15) is 13.2 Å². The minimum absolute atomic E-state index is 0.0145. The summed E-state index contributed by atoms with van der Waals surface area (Å²) in [6, 6.07) is 9.16. The van der Waals surface area contributed by atoms with E-state index in [0.29, 0.717) is 5.56 Å². The minimum Gasteiger partial charge on any atom is -0.478 e. The summed E-state index contributed by atoms with van der Waals surface area (Å²) >= 11 is 0. The summed E-state index contributed by atoms with van der Waals surface area (Å²) in [4.78, 5) is 10.9. The van der Waals surface area contributed by atoms with E-state index in [1.54, 1.807) is 0 Å². The fourth-order valence-electron chi connectivity index (χ4n) is 1.88. The van der Waals surface area contributed by atoms with Crippen molar-refractivity contribution in [3.8, 4) is 11.1 Å². The Balaban J connectivity index is 2.59. The van der Waals surface area contributed by atoms with Crippen LogP contribution in [-0.4, -0.2) is 11.1 Å². The molecule has 0 radical (unpaired) electrons. The number of para-hydroxylation sites is 1. The molecule has 0 aliphatic rings. The Morgan fingerprint density at radius 2 is 1.75 bits per heavy atom. The zero-order chi connectivity index (χ0) is 14.9. The molecule has 3 nitrogen and oxygen atoms in total. The first-order chi connectivity index (χ1) is 9.30. The van der Waals surface area contributed by atoms with Crippen molar-refractivity contribution < 1.29 is 23.1 Å². The number of anilines is 1. The molecule has 0 heterocycles. The Hall–Kier alpha value is -2.50. The normalized spacial score (nSPS) is 11.3. The molecular formula is C14H10F3NO2. The molecule has 0 aromatic heterocycles. The summed E-state index contributed by atoms with van der Waals surface area (Å²) in [6.45, 7) is 0. The molecule has 0 spiro atoms. The van der Waals surface area contributed by atoms with Crippen molar-refractivity contribution >= 4 is 11.7 Å². The number of nitrogen functional groups attached to an aromatic ring is 1. The molecular weight excluding hydrogens is 271 g/mol. The van der Waals surface area contributed by atoms with Crippen LogP contribution in [0.5, 0.6) is 0 Å². The number of hydrogen-bond donors (Lipinski definition) is 2. The standard InChI is InChI=1S/C14H10F3NO2/c15-14(16,17)11-6-2-5-10(12(11)18)8-3-1-4-9(7-8)13(19)20/h1-7H,18H2,(H,19,20). The second-order valence-electron chi connectivity index (χ2n) is 4.15. The first-order valence-electron chi connectivity index (χ1n) is 5.60. The first kappa shape index (κ1) is 13.9. The molecule has 0 bridgehead atoms. The monoisotopic (exact) mass is 281 g/mol. The van der Waals surface area contributed by atoms with Gasteiger partial charge < -0.3 is 10.8 Å². The number of nitrogens with two attached hydrogens (primary N) is 1. The average molecular weight is 281 g/mol. The number of carboxylic acids is 1. The molecule has 0 amide bonds. The highest BCUT2D eigenvalue weighted by molar-refractivity contribution is 5.90. The zero-order valence-corrected chi connectivity index (χ0v) is 10.1. The van der Waals surface area contributed by atoms with Crippen molar-refractivity contribution in [2.24, 2.45) is 0 Å². The van der Waals surface area contributed by atoms with E-state index in [1.165, 1.54) is 36.4 Å². The van der Waals surface area contributed by atoms with Gasteiger partial charge in [-0.25, -0.2) is 4.79 Å². The lowest BCUT2D eigenvalue weighted by atomic mass is 9.98. The molecule has 2 rings (SSSR count). The van der Waals surface area contributed by atoms with Crippen LogP contribution in [0.3, 0.4) is 0 Å². The minimum atomic E-state index is -4.55. The molecule has 0 saturated heterocycles. The van der Waals surface area contributed by atoms with Gasteiger partial charge in [0.1, 0.15) is 0 Å². The van der Waals surface area contributed by atoms with Crippen LogP contribution >= 0.6 is 0 Å². The Bertz CT molecular complexity index is 666. The molecule has 0 aliphatic carbocycles. The maximum absolute atomic E-state index is 12.8. The molecule has 104 valence electrons. The number of rotatable bonds is 2. The third-order valence-corrected chi connectivity index (χ3v) is 2.83. The van der Waals surface area contributed by atoms with Crippen LogP contribution in [0.4, 0.5) is 18.9 Å².